The molecular weight excluding hydrogens is 398 g/mol. The molecule has 0 saturated carbocycles. The largest absolute Gasteiger partial charge is 0.497 e. The number of methoxy groups -OCH3 is 1. The normalized spacial score (nSPS) is 20.0. The Bertz CT molecular complexity index is 864. The molecule has 0 amide bonds. The predicted octanol–water partition coefficient (Wildman–Crippen LogP) is 3.31. The zero-order chi connectivity index (χ0) is 20.9. The molecule has 0 spiro atoms. The van der Waals surface area contributed by atoms with E-state index in [0.717, 1.165) is 63.0 Å². The molecule has 1 atom stereocenters. The Morgan fingerprint density at radius 3 is 2.53 bits per heavy atom. The molecule has 2 fully saturated rings. The fourth-order valence-corrected chi connectivity index (χ4v) is 4.32. The molecule has 2 N–H and O–H groups in total. The minimum atomic E-state index is 0.533. The lowest BCUT2D eigenvalue weighted by molar-refractivity contribution is 0.379. The summed E-state index contributed by atoms with van der Waals surface area (Å²) in [5, 5.41) is 0.769. The molecule has 0 bridgehead atoms. The third-order valence-corrected chi connectivity index (χ3v) is 6.26. The van der Waals surface area contributed by atoms with E-state index in [9.17, 15) is 0 Å². The van der Waals surface area contributed by atoms with E-state index >= 15 is 0 Å². The lowest BCUT2D eigenvalue weighted by Gasteiger charge is -2.36. The lowest BCUT2D eigenvalue weighted by Crippen LogP contribution is -2.51. The molecule has 7 heteroatoms. The Kier molecular flexibility index (Phi) is 6.53. The number of aliphatic imine (C=N–C) groups is 1. The summed E-state index contributed by atoms with van der Waals surface area (Å²) in [4.78, 5) is 11.7. The fourth-order valence-electron chi connectivity index (χ4n) is 4.19. The summed E-state index contributed by atoms with van der Waals surface area (Å²) in [5.41, 5.74) is 8.75. The highest BCUT2D eigenvalue weighted by Crippen LogP contribution is 2.27. The number of ether oxygens (including phenoxy) is 1. The maximum atomic E-state index is 6.32. The van der Waals surface area contributed by atoms with E-state index in [1.807, 2.05) is 24.3 Å². The Hall–Kier alpha value is -2.60. The average molecular weight is 428 g/mol. The van der Waals surface area contributed by atoms with Crippen molar-refractivity contribution in [1.82, 2.24) is 4.90 Å². The first kappa shape index (κ1) is 20.7. The summed E-state index contributed by atoms with van der Waals surface area (Å²) in [5.74, 6) is 2.10. The summed E-state index contributed by atoms with van der Waals surface area (Å²) in [6.07, 6.45) is 1.14. The number of halogens is 1. The number of hydrogen-bond acceptors (Lipinski definition) is 4. The van der Waals surface area contributed by atoms with Crippen LogP contribution in [0.1, 0.15) is 6.42 Å². The smallest absolute Gasteiger partial charge is 0.191 e. The maximum absolute atomic E-state index is 6.32. The van der Waals surface area contributed by atoms with Crippen LogP contribution in [-0.4, -0.2) is 63.8 Å². The van der Waals surface area contributed by atoms with Crippen LogP contribution in [0, 0.1) is 5.92 Å². The van der Waals surface area contributed by atoms with Crippen LogP contribution in [0.5, 0.6) is 5.75 Å². The number of benzene rings is 2. The molecule has 0 radical (unpaired) electrons. The summed E-state index contributed by atoms with van der Waals surface area (Å²) in [7, 11) is 1.71. The second-order valence-corrected chi connectivity index (χ2v) is 8.39. The van der Waals surface area contributed by atoms with Crippen LogP contribution in [-0.2, 0) is 0 Å². The minimum Gasteiger partial charge on any atom is -0.497 e. The minimum absolute atomic E-state index is 0.533. The van der Waals surface area contributed by atoms with Crippen molar-refractivity contribution in [3.05, 3.63) is 53.6 Å². The van der Waals surface area contributed by atoms with Crippen molar-refractivity contribution < 1.29 is 4.74 Å². The number of hydrogen-bond donors (Lipinski definition) is 1. The first-order valence-electron chi connectivity index (χ1n) is 10.6. The average Bonchev–Trinajstić information content (AvgIpc) is 3.27. The summed E-state index contributed by atoms with van der Waals surface area (Å²) >= 11 is 5.99. The van der Waals surface area contributed by atoms with Gasteiger partial charge in [-0.1, -0.05) is 17.7 Å². The monoisotopic (exact) mass is 427 g/mol. The summed E-state index contributed by atoms with van der Waals surface area (Å²) in [6, 6.07) is 16.3. The Morgan fingerprint density at radius 2 is 1.80 bits per heavy atom. The molecule has 4 rings (SSSR count). The molecule has 30 heavy (non-hydrogen) atoms. The molecule has 2 heterocycles. The molecule has 2 aromatic rings. The van der Waals surface area contributed by atoms with Gasteiger partial charge in [-0.3, -0.25) is 4.99 Å². The first-order valence-corrected chi connectivity index (χ1v) is 10.9. The quantitative estimate of drug-likeness (QED) is 0.586. The van der Waals surface area contributed by atoms with Crippen molar-refractivity contribution in [3.8, 4) is 5.75 Å². The van der Waals surface area contributed by atoms with Crippen LogP contribution in [0.25, 0.3) is 0 Å². The molecule has 2 aliphatic rings. The lowest BCUT2D eigenvalue weighted by atomic mass is 10.1. The van der Waals surface area contributed by atoms with Crippen LogP contribution < -0.4 is 20.3 Å². The van der Waals surface area contributed by atoms with Gasteiger partial charge in [-0.2, -0.15) is 0 Å². The van der Waals surface area contributed by atoms with Crippen LogP contribution >= 0.6 is 11.6 Å². The Balaban J connectivity index is 1.26. The van der Waals surface area contributed by atoms with E-state index in [1.165, 1.54) is 11.4 Å². The SMILES string of the molecule is COc1cccc(N2CCC(CN=C(N)N3CCN(c4ccc(Cl)cc4)CC3)C2)c1. The van der Waals surface area contributed by atoms with Crippen LogP contribution in [0.3, 0.4) is 0 Å². The number of guanidine groups is 1. The van der Waals surface area contributed by atoms with Gasteiger partial charge in [0.2, 0.25) is 0 Å². The fraction of sp³-hybridized carbons (Fsp3) is 0.435. The standard InChI is InChI=1S/C23H30ClN5O/c1-30-22-4-2-3-21(15-22)29-10-9-18(17-29)16-26-23(25)28-13-11-27(12-14-28)20-7-5-19(24)6-8-20/h2-8,15,18H,9-14,16-17H2,1H3,(H2,25,26). The van der Waals surface area contributed by atoms with Gasteiger partial charge in [-0.05, 0) is 48.7 Å². The number of nitrogens with zero attached hydrogens (tertiary/aromatic N) is 4. The van der Waals surface area contributed by atoms with Gasteiger partial charge in [-0.15, -0.1) is 0 Å². The Morgan fingerprint density at radius 1 is 1.03 bits per heavy atom. The van der Waals surface area contributed by atoms with Crippen molar-refractivity contribution in [2.45, 2.75) is 6.42 Å². The molecule has 0 aliphatic carbocycles. The molecular formula is C23H30ClN5O. The van der Waals surface area contributed by atoms with Gasteiger partial charge in [-0.25, -0.2) is 0 Å². The van der Waals surface area contributed by atoms with Crippen molar-refractivity contribution in [2.75, 3.05) is 62.7 Å². The number of piperazine rings is 1. The molecule has 6 nitrogen and oxygen atoms in total. The van der Waals surface area contributed by atoms with Crippen LogP contribution in [0.4, 0.5) is 11.4 Å². The third-order valence-electron chi connectivity index (χ3n) is 6.01. The van der Waals surface area contributed by atoms with Gasteiger partial charge in [0.1, 0.15) is 5.75 Å². The molecule has 2 aliphatic heterocycles. The second kappa shape index (κ2) is 9.47. The van der Waals surface area contributed by atoms with Crippen molar-refractivity contribution >= 4 is 28.9 Å². The highest BCUT2D eigenvalue weighted by molar-refractivity contribution is 6.30. The topological polar surface area (TPSA) is 57.3 Å². The van der Waals surface area contributed by atoms with Gasteiger partial charge in [0.05, 0.1) is 7.11 Å². The van der Waals surface area contributed by atoms with Crippen molar-refractivity contribution in [3.63, 3.8) is 0 Å². The maximum Gasteiger partial charge on any atom is 0.191 e. The number of rotatable bonds is 5. The predicted molar refractivity (Wildman–Crippen MR) is 125 cm³/mol. The zero-order valence-electron chi connectivity index (χ0n) is 17.5. The molecule has 2 aromatic carbocycles. The molecule has 2 saturated heterocycles. The summed E-state index contributed by atoms with van der Waals surface area (Å²) in [6.45, 7) is 6.48. The van der Waals surface area contributed by atoms with Crippen molar-refractivity contribution in [2.24, 2.45) is 16.6 Å². The van der Waals surface area contributed by atoms with Gasteiger partial charge in [0.15, 0.2) is 5.96 Å². The Labute approximate surface area is 183 Å². The highest BCUT2D eigenvalue weighted by Gasteiger charge is 2.24. The van der Waals surface area contributed by atoms with E-state index < -0.39 is 0 Å². The molecule has 160 valence electrons. The van der Waals surface area contributed by atoms with Crippen LogP contribution in [0.15, 0.2) is 53.5 Å². The molecule has 1 unspecified atom stereocenters. The highest BCUT2D eigenvalue weighted by atomic mass is 35.5. The van der Waals surface area contributed by atoms with Gasteiger partial charge in [0.25, 0.3) is 0 Å². The van der Waals surface area contributed by atoms with E-state index in [4.69, 9.17) is 27.1 Å². The van der Waals surface area contributed by atoms with Gasteiger partial charge in [0, 0.05) is 68.3 Å². The van der Waals surface area contributed by atoms with E-state index in [1.54, 1.807) is 7.11 Å². The number of anilines is 2. The van der Waals surface area contributed by atoms with Gasteiger partial charge < -0.3 is 25.2 Å². The van der Waals surface area contributed by atoms with E-state index in [0.29, 0.717) is 11.9 Å². The number of nitrogens with two attached hydrogens (primary N) is 1. The third kappa shape index (κ3) is 4.93. The van der Waals surface area contributed by atoms with Crippen molar-refractivity contribution in [1.29, 1.82) is 0 Å². The summed E-state index contributed by atoms with van der Waals surface area (Å²) < 4.78 is 5.35. The zero-order valence-corrected chi connectivity index (χ0v) is 18.3. The van der Waals surface area contributed by atoms with E-state index in [-0.39, 0.29) is 0 Å². The van der Waals surface area contributed by atoms with Crippen LogP contribution in [0.2, 0.25) is 5.02 Å². The first-order chi connectivity index (χ1) is 14.6. The van der Waals surface area contributed by atoms with Gasteiger partial charge >= 0.3 is 0 Å². The molecule has 0 aromatic heterocycles. The second-order valence-electron chi connectivity index (χ2n) is 7.95. The van der Waals surface area contributed by atoms with E-state index in [2.05, 4.69) is 39.0 Å².